The first kappa shape index (κ1) is 31.5. The number of nitrogens with zero attached hydrogens (tertiary/aromatic N) is 2. The first-order valence-corrected chi connectivity index (χ1v) is 15.5. The van der Waals surface area contributed by atoms with Crippen molar-refractivity contribution in [2.45, 2.75) is 44.2 Å². The fraction of sp³-hybridized carbons (Fsp3) is 0.194. The fourth-order valence-electron chi connectivity index (χ4n) is 5.52. The van der Waals surface area contributed by atoms with E-state index in [4.69, 9.17) is 21.1 Å². The molecular weight excluding hydrogens is 620 g/mol. The van der Waals surface area contributed by atoms with Crippen molar-refractivity contribution in [2.24, 2.45) is 0 Å². The molecule has 0 unspecified atom stereocenters. The summed E-state index contributed by atoms with van der Waals surface area (Å²) in [7, 11) is 0. The van der Waals surface area contributed by atoms with E-state index in [1.807, 2.05) is 36.4 Å². The Bertz CT molecular complexity index is 1930. The number of amides is 2. The Kier molecular flexibility index (Phi) is 9.59. The van der Waals surface area contributed by atoms with Crippen LogP contribution in [0, 0.1) is 0 Å². The molecule has 47 heavy (non-hydrogen) atoms. The summed E-state index contributed by atoms with van der Waals surface area (Å²) in [5.74, 6) is 0.171. The van der Waals surface area contributed by atoms with Crippen LogP contribution in [0.25, 0.3) is 10.8 Å². The highest BCUT2D eigenvalue weighted by molar-refractivity contribution is 6.29. The van der Waals surface area contributed by atoms with Gasteiger partial charge in [0.05, 0.1) is 23.8 Å². The lowest BCUT2D eigenvalue weighted by Gasteiger charge is -2.29. The van der Waals surface area contributed by atoms with Crippen LogP contribution >= 0.6 is 11.6 Å². The zero-order valence-corrected chi connectivity index (χ0v) is 25.9. The van der Waals surface area contributed by atoms with Crippen molar-refractivity contribution in [3.05, 3.63) is 119 Å². The van der Waals surface area contributed by atoms with Gasteiger partial charge in [0.2, 0.25) is 11.8 Å². The Labute approximate surface area is 275 Å². The molecule has 2 aromatic heterocycles. The summed E-state index contributed by atoms with van der Waals surface area (Å²) in [4.78, 5) is 44.7. The average Bonchev–Trinajstić information content (AvgIpc) is 3.07. The van der Waals surface area contributed by atoms with Crippen LogP contribution < -0.4 is 20.1 Å². The van der Waals surface area contributed by atoms with Crippen molar-refractivity contribution in [1.29, 1.82) is 0 Å². The number of para-hydroxylation sites is 1. The van der Waals surface area contributed by atoms with Crippen molar-refractivity contribution in [1.82, 2.24) is 15.3 Å². The Morgan fingerprint density at radius 3 is 2.32 bits per heavy atom. The number of fused-ring (bicyclic) bond motifs is 1. The molecule has 11 heteroatoms. The maximum absolute atomic E-state index is 12.5. The number of carboxylic acids is 1. The maximum Gasteiger partial charge on any atom is 0.337 e. The van der Waals surface area contributed by atoms with Gasteiger partial charge in [0.15, 0.2) is 0 Å². The van der Waals surface area contributed by atoms with Crippen molar-refractivity contribution in [2.75, 3.05) is 5.32 Å². The van der Waals surface area contributed by atoms with Crippen LogP contribution in [0.5, 0.6) is 17.4 Å². The monoisotopic (exact) mass is 650 g/mol. The molecule has 10 nitrogen and oxygen atoms in total. The van der Waals surface area contributed by atoms with Gasteiger partial charge in [0.1, 0.15) is 16.7 Å². The lowest BCUT2D eigenvalue weighted by Crippen LogP contribution is -2.39. The van der Waals surface area contributed by atoms with Crippen LogP contribution in [0.2, 0.25) is 5.15 Å². The number of ether oxygens (including phenoxy) is 2. The molecule has 2 amide bonds. The number of rotatable bonds is 10. The number of carbonyl (C=O) groups excluding carboxylic acids is 2. The van der Waals surface area contributed by atoms with E-state index in [1.54, 1.807) is 48.7 Å². The minimum atomic E-state index is -1.11. The van der Waals surface area contributed by atoms with Crippen LogP contribution in [0.3, 0.4) is 0 Å². The van der Waals surface area contributed by atoms with Crippen molar-refractivity contribution in [3.63, 3.8) is 0 Å². The van der Waals surface area contributed by atoms with E-state index in [2.05, 4.69) is 20.6 Å². The lowest BCUT2D eigenvalue weighted by atomic mass is 9.92. The highest BCUT2D eigenvalue weighted by Crippen LogP contribution is 2.30. The number of aromatic nitrogens is 2. The number of pyridine rings is 2. The number of hydrogen-bond donors (Lipinski definition) is 3. The van der Waals surface area contributed by atoms with Gasteiger partial charge >= 0.3 is 5.97 Å². The number of nitrogens with one attached hydrogen (secondary N) is 2. The molecule has 0 atom stereocenters. The molecule has 238 valence electrons. The molecule has 3 N–H and O–H groups in total. The number of carboxylic acid groups (broad SMARTS) is 1. The zero-order chi connectivity index (χ0) is 32.8. The van der Waals surface area contributed by atoms with Crippen LogP contribution in [0.15, 0.2) is 97.3 Å². The third kappa shape index (κ3) is 8.22. The molecule has 0 radical (unpaired) electrons. The van der Waals surface area contributed by atoms with Gasteiger partial charge in [-0.25, -0.2) is 14.8 Å². The molecule has 0 bridgehead atoms. The molecule has 0 saturated heterocycles. The van der Waals surface area contributed by atoms with E-state index in [9.17, 15) is 19.5 Å². The number of aromatic carboxylic acids is 1. The lowest BCUT2D eigenvalue weighted by molar-refractivity contribution is -0.115. The van der Waals surface area contributed by atoms with Crippen LogP contribution in [-0.2, 0) is 11.2 Å². The predicted octanol–water partition coefficient (Wildman–Crippen LogP) is 7.07. The second-order valence-corrected chi connectivity index (χ2v) is 11.7. The second kappa shape index (κ2) is 14.3. The number of carbonyl (C=O) groups is 3. The number of anilines is 1. The fourth-order valence-corrected chi connectivity index (χ4v) is 5.70. The second-order valence-electron chi connectivity index (χ2n) is 11.3. The van der Waals surface area contributed by atoms with Gasteiger partial charge in [-0.1, -0.05) is 41.9 Å². The highest BCUT2D eigenvalue weighted by Gasteiger charge is 2.24. The molecule has 0 spiro atoms. The van der Waals surface area contributed by atoms with Crippen molar-refractivity contribution in [3.8, 4) is 17.4 Å². The third-order valence-electron chi connectivity index (χ3n) is 7.90. The minimum absolute atomic E-state index is 0.0253. The first-order chi connectivity index (χ1) is 22.8. The van der Waals surface area contributed by atoms with E-state index < -0.39 is 5.97 Å². The predicted molar refractivity (Wildman–Crippen MR) is 177 cm³/mol. The quantitative estimate of drug-likeness (QED) is 0.136. The molecule has 2 heterocycles. The van der Waals surface area contributed by atoms with Gasteiger partial charge in [-0.3, -0.25) is 9.59 Å². The largest absolute Gasteiger partial charge is 0.490 e. The Hall–Kier alpha value is -5.48. The van der Waals surface area contributed by atoms with Gasteiger partial charge in [-0.15, -0.1) is 0 Å². The van der Waals surface area contributed by atoms with Gasteiger partial charge in [0.25, 0.3) is 5.91 Å². The van der Waals surface area contributed by atoms with E-state index in [-0.39, 0.29) is 41.6 Å². The SMILES string of the molecule is O=C(Cc1ccc(Oc2ccc3cc(OC4CCC(NC(=O)c5ccnc(Cl)c5)CC4)ccc3c2)nc1)Nc1ccccc1C(=O)O. The van der Waals surface area contributed by atoms with Crippen LogP contribution in [0.4, 0.5) is 5.69 Å². The molecule has 5 aromatic rings. The number of hydrogen-bond acceptors (Lipinski definition) is 7. The summed E-state index contributed by atoms with van der Waals surface area (Å²) in [6.07, 6.45) is 6.50. The highest BCUT2D eigenvalue weighted by atomic mass is 35.5. The van der Waals surface area contributed by atoms with Gasteiger partial charge in [0, 0.05) is 30.1 Å². The molecule has 1 aliphatic carbocycles. The smallest absolute Gasteiger partial charge is 0.337 e. The summed E-state index contributed by atoms with van der Waals surface area (Å²) >= 11 is 5.91. The molecule has 0 aliphatic heterocycles. The van der Waals surface area contributed by atoms with E-state index in [1.165, 1.54) is 12.3 Å². The summed E-state index contributed by atoms with van der Waals surface area (Å²) in [5, 5.41) is 17.3. The summed E-state index contributed by atoms with van der Waals surface area (Å²) < 4.78 is 12.3. The van der Waals surface area contributed by atoms with Crippen molar-refractivity contribution >= 4 is 45.8 Å². The molecular formula is C36H31ClN4O6. The van der Waals surface area contributed by atoms with Crippen molar-refractivity contribution < 1.29 is 29.0 Å². The number of halogens is 1. The van der Waals surface area contributed by atoms with Gasteiger partial charge in [-0.05, 0) is 90.6 Å². The van der Waals surface area contributed by atoms with E-state index in [0.29, 0.717) is 27.9 Å². The molecule has 1 aliphatic rings. The van der Waals surface area contributed by atoms with Gasteiger partial charge in [-0.2, -0.15) is 0 Å². The van der Waals surface area contributed by atoms with Crippen LogP contribution in [0.1, 0.15) is 52.0 Å². The van der Waals surface area contributed by atoms with Gasteiger partial charge < -0.3 is 25.2 Å². The maximum atomic E-state index is 12.5. The minimum Gasteiger partial charge on any atom is -0.490 e. The standard InChI is InChI=1S/C36H31ClN4O6/c37-32-20-25(15-16-38-32)35(43)40-26-8-12-27(13-9-26)46-28-10-6-24-19-29(11-7-23(24)18-28)47-34-14-5-22(21-39-34)17-33(42)41-31-4-2-1-3-30(31)36(44)45/h1-7,10-11,14-16,18-21,26-27H,8-9,12-13,17H2,(H,40,43)(H,41,42)(H,44,45). The van der Waals surface area contributed by atoms with E-state index >= 15 is 0 Å². The first-order valence-electron chi connectivity index (χ1n) is 15.2. The Balaban J connectivity index is 0.992. The summed E-state index contributed by atoms with van der Waals surface area (Å²) in [5.41, 5.74) is 1.43. The Morgan fingerprint density at radius 2 is 1.60 bits per heavy atom. The third-order valence-corrected chi connectivity index (χ3v) is 8.11. The average molecular weight is 651 g/mol. The molecule has 1 fully saturated rings. The Morgan fingerprint density at radius 1 is 0.851 bits per heavy atom. The summed E-state index contributed by atoms with van der Waals surface area (Å²) in [6, 6.07) is 24.7. The molecule has 3 aromatic carbocycles. The number of benzene rings is 3. The summed E-state index contributed by atoms with van der Waals surface area (Å²) in [6.45, 7) is 0. The topological polar surface area (TPSA) is 140 Å². The van der Waals surface area contributed by atoms with E-state index in [0.717, 1.165) is 42.2 Å². The normalized spacial score (nSPS) is 15.9. The van der Waals surface area contributed by atoms with Crippen LogP contribution in [-0.4, -0.2) is 45.0 Å². The molecule has 1 saturated carbocycles. The molecule has 6 rings (SSSR count). The zero-order valence-electron chi connectivity index (χ0n) is 25.2.